The maximum Gasteiger partial charge on any atom is 0.407 e. The van der Waals surface area contributed by atoms with Crippen LogP contribution in [0, 0.1) is 0 Å². The fourth-order valence-electron chi connectivity index (χ4n) is 2.84. The van der Waals surface area contributed by atoms with Gasteiger partial charge in [0, 0.05) is 31.4 Å². The van der Waals surface area contributed by atoms with Gasteiger partial charge in [0.05, 0.1) is 5.60 Å². The Balaban J connectivity index is 2.09. The summed E-state index contributed by atoms with van der Waals surface area (Å²) in [6.45, 7) is 8.41. The summed E-state index contributed by atoms with van der Waals surface area (Å²) in [4.78, 5) is 15.0. The minimum absolute atomic E-state index is 0.162. The lowest BCUT2D eigenvalue weighted by atomic mass is 10.0. The van der Waals surface area contributed by atoms with Crippen molar-refractivity contribution < 1.29 is 14.6 Å². The van der Waals surface area contributed by atoms with Crippen molar-refractivity contribution in [3.05, 3.63) is 29.8 Å². The highest BCUT2D eigenvalue weighted by Crippen LogP contribution is 2.20. The first kappa shape index (κ1) is 18.5. The smallest absolute Gasteiger partial charge is 0.407 e. The number of nitrogen functional groups attached to an aromatic ring is 1. The number of carboxylic acid groups (broad SMARTS) is 1. The molecule has 1 amide bonds. The molecule has 0 aromatic heterocycles. The van der Waals surface area contributed by atoms with Crippen LogP contribution in [0.5, 0.6) is 0 Å². The molecule has 1 aliphatic rings. The molecule has 134 valence electrons. The molecule has 0 radical (unpaired) electrons. The van der Waals surface area contributed by atoms with E-state index in [1.807, 2.05) is 45.0 Å². The van der Waals surface area contributed by atoms with Crippen LogP contribution >= 0.6 is 0 Å². The maximum atomic E-state index is 11.3. The van der Waals surface area contributed by atoms with Gasteiger partial charge in [-0.2, -0.15) is 0 Å². The van der Waals surface area contributed by atoms with E-state index in [2.05, 4.69) is 4.90 Å². The van der Waals surface area contributed by atoms with Gasteiger partial charge in [0.2, 0.25) is 0 Å². The third-order valence-corrected chi connectivity index (χ3v) is 4.21. The van der Waals surface area contributed by atoms with Gasteiger partial charge in [0.15, 0.2) is 0 Å². The van der Waals surface area contributed by atoms with E-state index in [-0.39, 0.29) is 11.6 Å². The van der Waals surface area contributed by atoms with Gasteiger partial charge in [0.1, 0.15) is 6.73 Å². The number of rotatable bonds is 5. The van der Waals surface area contributed by atoms with E-state index in [4.69, 9.17) is 10.5 Å². The third-order valence-electron chi connectivity index (χ3n) is 4.21. The summed E-state index contributed by atoms with van der Waals surface area (Å²) in [6, 6.07) is 7.97. The molecule has 1 aliphatic heterocycles. The van der Waals surface area contributed by atoms with Crippen molar-refractivity contribution in [2.75, 3.05) is 25.6 Å². The van der Waals surface area contributed by atoms with Crippen molar-refractivity contribution in [2.24, 2.45) is 0 Å². The maximum absolute atomic E-state index is 11.3. The number of piperidine rings is 1. The molecule has 2 rings (SSSR count). The molecule has 24 heavy (non-hydrogen) atoms. The summed E-state index contributed by atoms with van der Waals surface area (Å²) in [5.74, 6) is 0. The average Bonchev–Trinajstić information content (AvgIpc) is 2.52. The summed E-state index contributed by atoms with van der Waals surface area (Å²) >= 11 is 0. The van der Waals surface area contributed by atoms with Gasteiger partial charge < -0.3 is 20.5 Å². The minimum atomic E-state index is -0.844. The lowest BCUT2D eigenvalue weighted by molar-refractivity contribution is -0.0861. The van der Waals surface area contributed by atoms with Crippen LogP contribution in [0.15, 0.2) is 24.3 Å². The number of benzene rings is 1. The van der Waals surface area contributed by atoms with Gasteiger partial charge in [-0.1, -0.05) is 12.1 Å². The molecular weight excluding hydrogens is 306 g/mol. The van der Waals surface area contributed by atoms with Crippen molar-refractivity contribution in [3.63, 3.8) is 0 Å². The normalized spacial score (nSPS) is 18.8. The first-order valence-electron chi connectivity index (χ1n) is 8.45. The van der Waals surface area contributed by atoms with Gasteiger partial charge >= 0.3 is 6.09 Å². The van der Waals surface area contributed by atoms with Gasteiger partial charge in [-0.25, -0.2) is 4.79 Å². The number of likely N-dealkylation sites (tertiary alicyclic amines) is 1. The molecule has 1 atom stereocenters. The second kappa shape index (κ2) is 7.85. The van der Waals surface area contributed by atoms with E-state index >= 15 is 0 Å². The molecule has 0 spiro atoms. The van der Waals surface area contributed by atoms with Crippen LogP contribution in [0.25, 0.3) is 0 Å². The van der Waals surface area contributed by atoms with Gasteiger partial charge in [-0.05, 0) is 51.3 Å². The Morgan fingerprint density at radius 1 is 1.38 bits per heavy atom. The second-order valence-electron chi connectivity index (χ2n) is 7.40. The Kier molecular flexibility index (Phi) is 6.07. The Morgan fingerprint density at radius 3 is 2.62 bits per heavy atom. The number of anilines is 1. The molecule has 1 aromatic carbocycles. The first-order valence-corrected chi connectivity index (χ1v) is 8.45. The van der Waals surface area contributed by atoms with E-state index in [0.717, 1.165) is 24.1 Å². The molecule has 0 aliphatic carbocycles. The Bertz CT molecular complexity index is 539. The number of nitrogens with zero attached hydrogens (tertiary/aromatic N) is 2. The monoisotopic (exact) mass is 335 g/mol. The zero-order valence-corrected chi connectivity index (χ0v) is 14.9. The first-order chi connectivity index (χ1) is 11.2. The Hall–Kier alpha value is -1.79. The van der Waals surface area contributed by atoms with Gasteiger partial charge in [0.25, 0.3) is 0 Å². The highest BCUT2D eigenvalue weighted by Gasteiger charge is 2.28. The fourth-order valence-corrected chi connectivity index (χ4v) is 2.84. The molecule has 1 aromatic rings. The average molecular weight is 335 g/mol. The van der Waals surface area contributed by atoms with Crippen molar-refractivity contribution in [1.82, 2.24) is 9.80 Å². The van der Waals surface area contributed by atoms with E-state index in [1.54, 1.807) is 0 Å². The highest BCUT2D eigenvalue weighted by molar-refractivity contribution is 5.65. The summed E-state index contributed by atoms with van der Waals surface area (Å²) in [7, 11) is 0. The number of amides is 1. The fraction of sp³-hybridized carbons (Fsp3) is 0.611. The van der Waals surface area contributed by atoms with E-state index < -0.39 is 6.09 Å². The minimum Gasteiger partial charge on any atom is -0.465 e. The van der Waals surface area contributed by atoms with Crippen LogP contribution in [0.1, 0.15) is 39.2 Å². The van der Waals surface area contributed by atoms with Crippen LogP contribution < -0.4 is 5.73 Å². The van der Waals surface area contributed by atoms with E-state index in [0.29, 0.717) is 26.4 Å². The molecule has 6 nitrogen and oxygen atoms in total. The van der Waals surface area contributed by atoms with Crippen LogP contribution in [0.3, 0.4) is 0 Å². The zero-order valence-electron chi connectivity index (χ0n) is 14.9. The third kappa shape index (κ3) is 5.69. The Labute approximate surface area is 144 Å². The molecule has 0 saturated carbocycles. The number of carbonyl (C=O) groups is 1. The summed E-state index contributed by atoms with van der Waals surface area (Å²) in [5, 5.41) is 9.28. The quantitative estimate of drug-likeness (QED) is 0.639. The predicted molar refractivity (Wildman–Crippen MR) is 94.7 cm³/mol. The van der Waals surface area contributed by atoms with Crippen molar-refractivity contribution in [1.29, 1.82) is 0 Å². The van der Waals surface area contributed by atoms with Crippen molar-refractivity contribution >= 4 is 11.8 Å². The van der Waals surface area contributed by atoms with Crippen LogP contribution in [-0.4, -0.2) is 52.5 Å². The second-order valence-corrected chi connectivity index (χ2v) is 7.40. The van der Waals surface area contributed by atoms with Gasteiger partial charge in [-0.3, -0.25) is 4.90 Å². The van der Waals surface area contributed by atoms with E-state index in [1.165, 1.54) is 4.90 Å². The zero-order chi connectivity index (χ0) is 17.7. The number of hydrogen-bond acceptors (Lipinski definition) is 4. The molecule has 1 saturated heterocycles. The SMILES string of the molecule is CC(C)(C)OCN(Cc1ccc(N)cc1)C1CCCN(C(=O)O)C1. The van der Waals surface area contributed by atoms with Crippen LogP contribution in [0.4, 0.5) is 10.5 Å². The van der Waals surface area contributed by atoms with Gasteiger partial charge in [-0.15, -0.1) is 0 Å². The van der Waals surface area contributed by atoms with Crippen LogP contribution in [-0.2, 0) is 11.3 Å². The lowest BCUT2D eigenvalue weighted by Crippen LogP contribution is -2.50. The number of hydrogen-bond donors (Lipinski definition) is 2. The molecule has 6 heteroatoms. The van der Waals surface area contributed by atoms with Crippen molar-refractivity contribution in [3.8, 4) is 0 Å². The lowest BCUT2D eigenvalue weighted by Gasteiger charge is -2.39. The number of nitrogens with two attached hydrogens (primary N) is 1. The predicted octanol–water partition coefficient (Wildman–Crippen LogP) is 2.99. The summed E-state index contributed by atoms with van der Waals surface area (Å²) < 4.78 is 5.97. The van der Waals surface area contributed by atoms with E-state index in [9.17, 15) is 9.90 Å². The Morgan fingerprint density at radius 2 is 2.04 bits per heavy atom. The topological polar surface area (TPSA) is 79.0 Å². The highest BCUT2D eigenvalue weighted by atomic mass is 16.5. The molecule has 1 unspecified atom stereocenters. The summed E-state index contributed by atoms with van der Waals surface area (Å²) in [6.07, 6.45) is 1.01. The number of ether oxygens (including phenoxy) is 1. The summed E-state index contributed by atoms with van der Waals surface area (Å²) in [5.41, 5.74) is 7.41. The molecule has 1 fully saturated rings. The molecular formula is C18H29N3O3. The largest absolute Gasteiger partial charge is 0.465 e. The standard InChI is InChI=1S/C18H29N3O3/c1-18(2,3)24-13-21(11-14-6-8-15(19)9-7-14)16-5-4-10-20(12-16)17(22)23/h6-9,16H,4-5,10-13,19H2,1-3H3,(H,22,23). The van der Waals surface area contributed by atoms with Crippen molar-refractivity contribution in [2.45, 2.75) is 51.8 Å². The molecule has 1 heterocycles. The molecule has 0 bridgehead atoms. The van der Waals surface area contributed by atoms with Crippen LogP contribution in [0.2, 0.25) is 0 Å². The molecule has 3 N–H and O–H groups in total.